The predicted octanol–water partition coefficient (Wildman–Crippen LogP) is 0.977. The summed E-state index contributed by atoms with van der Waals surface area (Å²) in [6.07, 6.45) is 1.18. The molecule has 4 amide bonds. The number of rotatable bonds is 1. The Morgan fingerprint density at radius 3 is 2.00 bits per heavy atom. The quantitative estimate of drug-likeness (QED) is 0.654. The molecule has 0 aliphatic carbocycles. The highest BCUT2D eigenvalue weighted by atomic mass is 16.2. The third kappa shape index (κ3) is 2.07. The minimum absolute atomic E-state index is 0.206. The summed E-state index contributed by atoms with van der Waals surface area (Å²) in [5.41, 5.74) is -0.304. The SMILES string of the molecule is CC(C)(C)N1CCCN(N2C(=O)CCC2=O)C1=O. The van der Waals surface area contributed by atoms with Crippen LogP contribution in [0.5, 0.6) is 0 Å². The maximum atomic E-state index is 12.4. The Balaban J connectivity index is 2.21. The number of hydrazine groups is 1. The molecule has 0 aromatic heterocycles. The lowest BCUT2D eigenvalue weighted by Crippen LogP contribution is -2.61. The first-order valence-corrected chi connectivity index (χ1v) is 6.27. The summed E-state index contributed by atoms with van der Waals surface area (Å²) in [5, 5.41) is 2.33. The van der Waals surface area contributed by atoms with E-state index in [2.05, 4.69) is 0 Å². The van der Waals surface area contributed by atoms with Crippen LogP contribution in [0, 0.1) is 0 Å². The molecule has 2 aliphatic heterocycles. The first-order chi connectivity index (χ1) is 8.32. The highest BCUT2D eigenvalue weighted by molar-refractivity contribution is 6.03. The van der Waals surface area contributed by atoms with Crippen molar-refractivity contribution in [1.29, 1.82) is 0 Å². The van der Waals surface area contributed by atoms with Crippen molar-refractivity contribution in [3.05, 3.63) is 0 Å². The van der Waals surface area contributed by atoms with Crippen LogP contribution in [0.25, 0.3) is 0 Å². The van der Waals surface area contributed by atoms with Crippen LogP contribution in [0.4, 0.5) is 4.79 Å². The number of urea groups is 1. The smallest absolute Gasteiger partial charge is 0.318 e. The Kier molecular flexibility index (Phi) is 3.04. The molecule has 2 rings (SSSR count). The minimum atomic E-state index is -0.304. The molecule has 18 heavy (non-hydrogen) atoms. The summed E-state index contributed by atoms with van der Waals surface area (Å²) in [5.74, 6) is -0.548. The minimum Gasteiger partial charge on any atom is -0.318 e. The zero-order valence-corrected chi connectivity index (χ0v) is 11.1. The van der Waals surface area contributed by atoms with E-state index < -0.39 is 0 Å². The van der Waals surface area contributed by atoms with E-state index in [9.17, 15) is 14.4 Å². The number of hydrogen-bond acceptors (Lipinski definition) is 3. The fraction of sp³-hybridized carbons (Fsp3) is 0.750. The van der Waals surface area contributed by atoms with Crippen LogP contribution < -0.4 is 0 Å². The van der Waals surface area contributed by atoms with Crippen LogP contribution in [-0.4, -0.2) is 51.4 Å². The lowest BCUT2D eigenvalue weighted by molar-refractivity contribution is -0.155. The molecular weight excluding hydrogens is 234 g/mol. The average molecular weight is 253 g/mol. The van der Waals surface area contributed by atoms with Crippen molar-refractivity contribution in [1.82, 2.24) is 14.9 Å². The van der Waals surface area contributed by atoms with E-state index in [1.807, 2.05) is 20.8 Å². The molecular formula is C12H19N3O3. The fourth-order valence-corrected chi connectivity index (χ4v) is 2.35. The van der Waals surface area contributed by atoms with Crippen LogP contribution in [0.1, 0.15) is 40.0 Å². The monoisotopic (exact) mass is 253 g/mol. The number of hydrogen-bond donors (Lipinski definition) is 0. The molecule has 100 valence electrons. The van der Waals surface area contributed by atoms with Gasteiger partial charge in [0.1, 0.15) is 0 Å². The molecule has 0 atom stereocenters. The van der Waals surface area contributed by atoms with Gasteiger partial charge in [0.25, 0.3) is 0 Å². The second-order valence-corrected chi connectivity index (χ2v) is 5.68. The lowest BCUT2D eigenvalue weighted by atomic mass is 10.1. The molecule has 0 aromatic rings. The molecule has 0 radical (unpaired) electrons. The molecule has 2 fully saturated rings. The van der Waals surface area contributed by atoms with Crippen LogP contribution in [0.2, 0.25) is 0 Å². The summed E-state index contributed by atoms with van der Waals surface area (Å²) in [6, 6.07) is -0.252. The van der Waals surface area contributed by atoms with Crippen LogP contribution in [0.15, 0.2) is 0 Å². The van der Waals surface area contributed by atoms with Crippen molar-refractivity contribution < 1.29 is 14.4 Å². The maximum absolute atomic E-state index is 12.4. The third-order valence-corrected chi connectivity index (χ3v) is 3.28. The van der Waals surface area contributed by atoms with E-state index in [0.717, 1.165) is 11.4 Å². The molecule has 2 saturated heterocycles. The summed E-state index contributed by atoms with van der Waals surface area (Å²) < 4.78 is 0. The maximum Gasteiger partial charge on any atom is 0.339 e. The van der Waals surface area contributed by atoms with Gasteiger partial charge in [-0.1, -0.05) is 0 Å². The number of carbonyl (C=O) groups excluding carboxylic acids is 3. The second-order valence-electron chi connectivity index (χ2n) is 5.68. The van der Waals surface area contributed by atoms with Gasteiger partial charge in [-0.05, 0) is 27.2 Å². The first kappa shape index (κ1) is 12.9. The highest BCUT2D eigenvalue weighted by Gasteiger charge is 2.42. The van der Waals surface area contributed by atoms with E-state index in [4.69, 9.17) is 0 Å². The summed E-state index contributed by atoms with van der Waals surface area (Å²) in [4.78, 5) is 37.4. The predicted molar refractivity (Wildman–Crippen MR) is 64.3 cm³/mol. The van der Waals surface area contributed by atoms with Crippen molar-refractivity contribution in [2.45, 2.75) is 45.6 Å². The lowest BCUT2D eigenvalue weighted by Gasteiger charge is -2.44. The number of carbonyl (C=O) groups is 3. The number of nitrogens with zero attached hydrogens (tertiary/aromatic N) is 3. The molecule has 0 unspecified atom stereocenters. The van der Waals surface area contributed by atoms with Gasteiger partial charge in [0, 0.05) is 31.5 Å². The van der Waals surface area contributed by atoms with E-state index >= 15 is 0 Å². The topological polar surface area (TPSA) is 60.9 Å². The van der Waals surface area contributed by atoms with Crippen LogP contribution in [0.3, 0.4) is 0 Å². The Labute approximate surface area is 106 Å². The van der Waals surface area contributed by atoms with Gasteiger partial charge in [-0.2, -0.15) is 5.01 Å². The molecule has 0 spiro atoms. The van der Waals surface area contributed by atoms with Crippen molar-refractivity contribution in [2.24, 2.45) is 0 Å². The Morgan fingerprint density at radius 2 is 1.50 bits per heavy atom. The molecule has 2 heterocycles. The fourth-order valence-electron chi connectivity index (χ4n) is 2.35. The van der Waals surface area contributed by atoms with Gasteiger partial charge in [-0.3, -0.25) is 9.59 Å². The molecule has 2 aliphatic rings. The average Bonchev–Trinajstić information content (AvgIpc) is 2.58. The molecule has 6 heteroatoms. The van der Waals surface area contributed by atoms with E-state index in [1.54, 1.807) is 4.90 Å². The van der Waals surface area contributed by atoms with Crippen molar-refractivity contribution >= 4 is 17.8 Å². The second kappa shape index (κ2) is 4.26. The summed E-state index contributed by atoms with van der Waals surface area (Å²) in [7, 11) is 0. The van der Waals surface area contributed by atoms with Gasteiger partial charge >= 0.3 is 6.03 Å². The number of amides is 4. The number of imide groups is 1. The van der Waals surface area contributed by atoms with Gasteiger partial charge in [-0.25, -0.2) is 9.80 Å². The molecule has 0 bridgehead atoms. The van der Waals surface area contributed by atoms with Crippen LogP contribution >= 0.6 is 0 Å². The molecule has 0 saturated carbocycles. The highest BCUT2D eigenvalue weighted by Crippen LogP contribution is 2.24. The van der Waals surface area contributed by atoms with E-state index in [0.29, 0.717) is 13.1 Å². The standard InChI is InChI=1S/C12H19N3O3/c1-12(2,3)13-7-4-8-14(11(13)18)15-9(16)5-6-10(15)17/h4-8H2,1-3H3. The summed E-state index contributed by atoms with van der Waals surface area (Å²) in [6.45, 7) is 6.93. The van der Waals surface area contributed by atoms with Gasteiger partial charge in [0.2, 0.25) is 11.8 Å². The molecule has 0 N–H and O–H groups in total. The molecule has 6 nitrogen and oxygen atoms in total. The van der Waals surface area contributed by atoms with Gasteiger partial charge in [0.05, 0.1) is 0 Å². The molecule has 0 aromatic carbocycles. The normalized spacial score (nSPS) is 22.2. The van der Waals surface area contributed by atoms with Crippen LogP contribution in [-0.2, 0) is 9.59 Å². The summed E-state index contributed by atoms with van der Waals surface area (Å²) >= 11 is 0. The van der Waals surface area contributed by atoms with Gasteiger partial charge < -0.3 is 4.90 Å². The zero-order valence-electron chi connectivity index (χ0n) is 11.1. The van der Waals surface area contributed by atoms with Crippen molar-refractivity contribution in [2.75, 3.05) is 13.1 Å². The van der Waals surface area contributed by atoms with Gasteiger partial charge in [-0.15, -0.1) is 0 Å². The van der Waals surface area contributed by atoms with Gasteiger partial charge in [0.15, 0.2) is 0 Å². The largest absolute Gasteiger partial charge is 0.339 e. The van der Waals surface area contributed by atoms with E-state index in [1.165, 1.54) is 5.01 Å². The Morgan fingerprint density at radius 1 is 0.944 bits per heavy atom. The zero-order chi connectivity index (χ0) is 13.5. The van der Waals surface area contributed by atoms with Crippen molar-refractivity contribution in [3.63, 3.8) is 0 Å². The Bertz CT molecular complexity index is 384. The Hall–Kier alpha value is -1.59. The van der Waals surface area contributed by atoms with Crippen molar-refractivity contribution in [3.8, 4) is 0 Å². The van der Waals surface area contributed by atoms with E-state index in [-0.39, 0.29) is 36.2 Å². The third-order valence-electron chi connectivity index (χ3n) is 3.28. The first-order valence-electron chi connectivity index (χ1n) is 6.27.